The van der Waals surface area contributed by atoms with Crippen molar-refractivity contribution in [1.82, 2.24) is 25.3 Å². The maximum atomic E-state index is 11.6. The molecule has 0 radical (unpaired) electrons. The second-order valence-corrected chi connectivity index (χ2v) is 4.57. The van der Waals surface area contributed by atoms with E-state index < -0.39 is 0 Å². The molecule has 0 unspecified atom stereocenters. The standard InChI is InChI=1S/C14H17N5O3/c1-22-14(21)6-2-5-13(20)16-8-11-10-19(18-17-11)12-4-3-7-15-9-12/h3-4,7,9-10H,2,5-6,8H2,1H3,(H,16,20). The molecule has 8 heteroatoms. The summed E-state index contributed by atoms with van der Waals surface area (Å²) < 4.78 is 6.10. The van der Waals surface area contributed by atoms with E-state index >= 15 is 0 Å². The molecule has 0 saturated carbocycles. The third kappa shape index (κ3) is 4.65. The lowest BCUT2D eigenvalue weighted by molar-refractivity contribution is -0.140. The van der Waals surface area contributed by atoms with Crippen molar-refractivity contribution >= 4 is 11.9 Å². The number of hydrogen-bond acceptors (Lipinski definition) is 6. The number of aromatic nitrogens is 4. The van der Waals surface area contributed by atoms with E-state index in [0.717, 1.165) is 5.69 Å². The summed E-state index contributed by atoms with van der Waals surface area (Å²) in [6, 6.07) is 3.66. The summed E-state index contributed by atoms with van der Waals surface area (Å²) in [4.78, 5) is 26.6. The fraction of sp³-hybridized carbons (Fsp3) is 0.357. The van der Waals surface area contributed by atoms with Crippen LogP contribution in [-0.2, 0) is 20.9 Å². The lowest BCUT2D eigenvalue weighted by Crippen LogP contribution is -2.22. The highest BCUT2D eigenvalue weighted by Crippen LogP contribution is 2.04. The Hall–Kier alpha value is -2.77. The molecule has 0 atom stereocenters. The summed E-state index contributed by atoms with van der Waals surface area (Å²) in [6.07, 6.45) is 6.04. The van der Waals surface area contributed by atoms with Gasteiger partial charge in [0.15, 0.2) is 0 Å². The van der Waals surface area contributed by atoms with Crippen molar-refractivity contribution in [1.29, 1.82) is 0 Å². The minimum absolute atomic E-state index is 0.139. The van der Waals surface area contributed by atoms with E-state index in [0.29, 0.717) is 12.1 Å². The van der Waals surface area contributed by atoms with Crippen molar-refractivity contribution in [3.8, 4) is 5.69 Å². The third-order valence-electron chi connectivity index (χ3n) is 2.93. The molecule has 8 nitrogen and oxygen atoms in total. The number of ether oxygens (including phenoxy) is 1. The van der Waals surface area contributed by atoms with Gasteiger partial charge in [0, 0.05) is 19.0 Å². The smallest absolute Gasteiger partial charge is 0.305 e. The van der Waals surface area contributed by atoms with Crippen LogP contribution in [0.1, 0.15) is 25.0 Å². The van der Waals surface area contributed by atoms with Crippen LogP contribution in [0.3, 0.4) is 0 Å². The van der Waals surface area contributed by atoms with Crippen molar-refractivity contribution in [2.45, 2.75) is 25.8 Å². The fourth-order valence-electron chi connectivity index (χ4n) is 1.77. The highest BCUT2D eigenvalue weighted by atomic mass is 16.5. The molecule has 0 spiro atoms. The van der Waals surface area contributed by atoms with Gasteiger partial charge in [0.25, 0.3) is 0 Å². The van der Waals surface area contributed by atoms with Crippen molar-refractivity contribution in [2.75, 3.05) is 7.11 Å². The Morgan fingerprint density at radius 1 is 1.36 bits per heavy atom. The Balaban J connectivity index is 1.77. The number of carbonyl (C=O) groups is 2. The number of amides is 1. The van der Waals surface area contributed by atoms with E-state index in [9.17, 15) is 9.59 Å². The molecule has 2 heterocycles. The molecule has 1 amide bonds. The second kappa shape index (κ2) is 7.87. The van der Waals surface area contributed by atoms with Gasteiger partial charge in [0.05, 0.1) is 31.7 Å². The largest absolute Gasteiger partial charge is 0.469 e. The molecule has 2 aromatic heterocycles. The average Bonchev–Trinajstić information content (AvgIpc) is 3.02. The van der Waals surface area contributed by atoms with Gasteiger partial charge in [-0.2, -0.15) is 0 Å². The number of esters is 1. The Morgan fingerprint density at radius 3 is 2.95 bits per heavy atom. The highest BCUT2D eigenvalue weighted by Gasteiger charge is 2.07. The number of nitrogens with zero attached hydrogens (tertiary/aromatic N) is 4. The summed E-state index contributed by atoms with van der Waals surface area (Å²) in [5.74, 6) is -0.452. The molecule has 0 aliphatic heterocycles. The summed E-state index contributed by atoms with van der Waals surface area (Å²) in [6.45, 7) is 0.289. The van der Waals surface area contributed by atoms with Gasteiger partial charge in [-0.25, -0.2) is 4.68 Å². The first-order valence-corrected chi connectivity index (χ1v) is 6.84. The van der Waals surface area contributed by atoms with Crippen LogP contribution in [0.5, 0.6) is 0 Å². The number of nitrogens with one attached hydrogen (secondary N) is 1. The number of methoxy groups -OCH3 is 1. The van der Waals surface area contributed by atoms with Crippen LogP contribution in [0.15, 0.2) is 30.7 Å². The zero-order valence-corrected chi connectivity index (χ0v) is 12.2. The topological polar surface area (TPSA) is 99.0 Å². The maximum Gasteiger partial charge on any atom is 0.305 e. The Morgan fingerprint density at radius 2 is 2.23 bits per heavy atom. The van der Waals surface area contributed by atoms with Crippen molar-refractivity contribution < 1.29 is 14.3 Å². The van der Waals surface area contributed by atoms with Gasteiger partial charge in [-0.3, -0.25) is 14.6 Å². The summed E-state index contributed by atoms with van der Waals surface area (Å²) in [7, 11) is 1.33. The average molecular weight is 303 g/mol. The van der Waals surface area contributed by atoms with Gasteiger partial charge in [-0.1, -0.05) is 5.21 Å². The van der Waals surface area contributed by atoms with E-state index in [-0.39, 0.29) is 31.3 Å². The van der Waals surface area contributed by atoms with Crippen LogP contribution < -0.4 is 5.32 Å². The highest BCUT2D eigenvalue weighted by molar-refractivity contribution is 5.76. The molecule has 0 saturated heterocycles. The number of pyridine rings is 1. The van der Waals surface area contributed by atoms with Crippen LogP contribution in [0.25, 0.3) is 5.69 Å². The molecule has 2 rings (SSSR count). The lowest BCUT2D eigenvalue weighted by atomic mass is 10.2. The van der Waals surface area contributed by atoms with Crippen LogP contribution in [0.4, 0.5) is 0 Å². The quantitative estimate of drug-likeness (QED) is 0.753. The van der Waals surface area contributed by atoms with Crippen molar-refractivity contribution in [3.63, 3.8) is 0 Å². The molecule has 0 aliphatic rings. The van der Waals surface area contributed by atoms with Gasteiger partial charge in [-0.05, 0) is 18.6 Å². The van der Waals surface area contributed by atoms with E-state index in [1.54, 1.807) is 29.3 Å². The SMILES string of the molecule is COC(=O)CCCC(=O)NCc1cn(-c2cccnc2)nn1. The predicted molar refractivity (Wildman–Crippen MR) is 76.9 cm³/mol. The summed E-state index contributed by atoms with van der Waals surface area (Å²) in [5, 5.41) is 10.7. The van der Waals surface area contributed by atoms with Crippen LogP contribution in [-0.4, -0.2) is 39.0 Å². The van der Waals surface area contributed by atoms with Gasteiger partial charge < -0.3 is 10.1 Å². The fourth-order valence-corrected chi connectivity index (χ4v) is 1.77. The first-order valence-electron chi connectivity index (χ1n) is 6.84. The van der Waals surface area contributed by atoms with Crippen molar-refractivity contribution in [3.05, 3.63) is 36.4 Å². The van der Waals surface area contributed by atoms with E-state index in [4.69, 9.17) is 0 Å². The molecule has 1 N–H and O–H groups in total. The van der Waals surface area contributed by atoms with E-state index in [1.807, 2.05) is 6.07 Å². The number of rotatable bonds is 7. The van der Waals surface area contributed by atoms with Crippen LogP contribution >= 0.6 is 0 Å². The molecular weight excluding hydrogens is 286 g/mol. The number of carbonyl (C=O) groups excluding carboxylic acids is 2. The summed E-state index contributed by atoms with van der Waals surface area (Å²) in [5.41, 5.74) is 1.44. The molecule has 0 fully saturated rings. The second-order valence-electron chi connectivity index (χ2n) is 4.57. The number of hydrogen-bond donors (Lipinski definition) is 1. The Labute approximate surface area is 127 Å². The van der Waals surface area contributed by atoms with E-state index in [2.05, 4.69) is 25.3 Å². The molecular formula is C14H17N5O3. The normalized spacial score (nSPS) is 10.2. The molecule has 22 heavy (non-hydrogen) atoms. The monoisotopic (exact) mass is 303 g/mol. The molecule has 2 aromatic rings. The molecule has 0 aromatic carbocycles. The molecule has 0 bridgehead atoms. The van der Waals surface area contributed by atoms with Gasteiger partial charge >= 0.3 is 5.97 Å². The first kappa shape index (κ1) is 15.6. The Kier molecular flexibility index (Phi) is 5.58. The van der Waals surface area contributed by atoms with Gasteiger partial charge in [-0.15, -0.1) is 5.10 Å². The van der Waals surface area contributed by atoms with Crippen LogP contribution in [0.2, 0.25) is 0 Å². The third-order valence-corrected chi connectivity index (χ3v) is 2.93. The van der Waals surface area contributed by atoms with Gasteiger partial charge in [0.1, 0.15) is 5.69 Å². The lowest BCUT2D eigenvalue weighted by Gasteiger charge is -2.02. The Bertz CT molecular complexity index is 626. The molecule has 0 aliphatic carbocycles. The zero-order valence-electron chi connectivity index (χ0n) is 12.2. The van der Waals surface area contributed by atoms with E-state index in [1.165, 1.54) is 7.11 Å². The van der Waals surface area contributed by atoms with Crippen LogP contribution in [0, 0.1) is 0 Å². The zero-order chi connectivity index (χ0) is 15.8. The predicted octanol–water partition coefficient (Wildman–Crippen LogP) is 0.622. The molecule has 116 valence electrons. The first-order chi connectivity index (χ1) is 10.7. The summed E-state index contributed by atoms with van der Waals surface area (Å²) >= 11 is 0. The minimum atomic E-state index is -0.313. The maximum absolute atomic E-state index is 11.6. The minimum Gasteiger partial charge on any atom is -0.469 e. The van der Waals surface area contributed by atoms with Gasteiger partial charge in [0.2, 0.25) is 5.91 Å². The van der Waals surface area contributed by atoms with Crippen molar-refractivity contribution in [2.24, 2.45) is 0 Å².